The largest absolute Gasteiger partial charge is 0.348 e. The van der Waals surface area contributed by atoms with E-state index >= 15 is 0 Å². The first kappa shape index (κ1) is 20.6. The maximum Gasteiger partial charge on any atom is 0.313 e. The molecule has 0 bridgehead atoms. The van der Waals surface area contributed by atoms with Gasteiger partial charge in [0.05, 0.1) is 5.69 Å². The maximum atomic E-state index is 12.1. The first-order valence-corrected chi connectivity index (χ1v) is 9.95. The number of hydrogen-bond donors (Lipinski definition) is 2. The fourth-order valence-corrected chi connectivity index (χ4v) is 3.05. The van der Waals surface area contributed by atoms with Crippen molar-refractivity contribution in [2.75, 3.05) is 11.9 Å². The lowest BCUT2D eigenvalue weighted by atomic mass is 9.90. The van der Waals surface area contributed by atoms with Gasteiger partial charge in [-0.15, -0.1) is 0 Å². The van der Waals surface area contributed by atoms with Crippen LogP contribution in [0.2, 0.25) is 0 Å². The molecule has 2 aromatic heterocycles. The Labute approximate surface area is 171 Å². The van der Waals surface area contributed by atoms with Crippen molar-refractivity contribution in [3.63, 3.8) is 0 Å². The Morgan fingerprint density at radius 2 is 1.76 bits per heavy atom. The molecule has 0 atom stereocenters. The molecule has 0 aliphatic rings. The minimum absolute atomic E-state index is 0.289. The first-order valence-electron chi connectivity index (χ1n) is 9.95. The summed E-state index contributed by atoms with van der Waals surface area (Å²) in [4.78, 5) is 28.6. The molecule has 2 heterocycles. The number of carbonyl (C=O) groups excluding carboxylic acids is 2. The zero-order valence-corrected chi connectivity index (χ0v) is 17.2. The van der Waals surface area contributed by atoms with Gasteiger partial charge in [0.15, 0.2) is 0 Å². The predicted octanol–water partition coefficient (Wildman–Crippen LogP) is 4.27. The molecule has 29 heavy (non-hydrogen) atoms. The molecule has 0 spiro atoms. The van der Waals surface area contributed by atoms with Gasteiger partial charge in [0.2, 0.25) is 0 Å². The average molecular weight is 393 g/mol. The lowest BCUT2D eigenvalue weighted by Crippen LogP contribution is -2.35. The van der Waals surface area contributed by atoms with Crippen LogP contribution in [0.3, 0.4) is 0 Å². The molecule has 3 rings (SSSR count). The number of hydrogen-bond acceptors (Lipinski definition) is 3. The molecule has 0 aliphatic heterocycles. The minimum Gasteiger partial charge on any atom is -0.348 e. The average Bonchev–Trinajstić information content (AvgIpc) is 3.11. The molecule has 1 aromatic carbocycles. The summed E-state index contributed by atoms with van der Waals surface area (Å²) in [7, 11) is 0. The van der Waals surface area contributed by atoms with Crippen LogP contribution in [-0.4, -0.2) is 27.7 Å². The zero-order valence-electron chi connectivity index (χ0n) is 17.2. The quantitative estimate of drug-likeness (QED) is 0.486. The van der Waals surface area contributed by atoms with E-state index in [1.807, 2.05) is 47.1 Å². The van der Waals surface area contributed by atoms with Crippen molar-refractivity contribution >= 4 is 23.1 Å². The smallest absolute Gasteiger partial charge is 0.313 e. The monoisotopic (exact) mass is 392 g/mol. The molecule has 6 nitrogen and oxygen atoms in total. The Morgan fingerprint density at radius 1 is 1.00 bits per heavy atom. The van der Waals surface area contributed by atoms with Crippen LogP contribution in [0.15, 0.2) is 54.9 Å². The van der Waals surface area contributed by atoms with Crippen molar-refractivity contribution in [3.05, 3.63) is 54.9 Å². The van der Waals surface area contributed by atoms with Crippen molar-refractivity contribution < 1.29 is 9.59 Å². The van der Waals surface area contributed by atoms with Gasteiger partial charge in [0.1, 0.15) is 5.65 Å². The fourth-order valence-electron chi connectivity index (χ4n) is 3.05. The number of rotatable bonds is 6. The highest BCUT2D eigenvalue weighted by molar-refractivity contribution is 6.39. The van der Waals surface area contributed by atoms with Gasteiger partial charge in [-0.2, -0.15) is 0 Å². The number of aromatic nitrogens is 2. The van der Waals surface area contributed by atoms with E-state index in [1.165, 1.54) is 0 Å². The van der Waals surface area contributed by atoms with E-state index < -0.39 is 11.8 Å². The van der Waals surface area contributed by atoms with Gasteiger partial charge in [-0.1, -0.05) is 45.4 Å². The van der Waals surface area contributed by atoms with Crippen LogP contribution < -0.4 is 10.6 Å². The van der Waals surface area contributed by atoms with E-state index in [4.69, 9.17) is 0 Å². The third-order valence-electron chi connectivity index (χ3n) is 4.65. The number of benzene rings is 1. The summed E-state index contributed by atoms with van der Waals surface area (Å²) < 4.78 is 1.96. The molecule has 0 radical (unpaired) electrons. The third-order valence-corrected chi connectivity index (χ3v) is 4.65. The Balaban J connectivity index is 1.50. The van der Waals surface area contributed by atoms with Gasteiger partial charge in [0.25, 0.3) is 0 Å². The molecule has 152 valence electrons. The number of anilines is 1. The molecule has 0 saturated carbocycles. The molecule has 2 amide bonds. The number of imidazole rings is 1. The van der Waals surface area contributed by atoms with Crippen LogP contribution in [0.4, 0.5) is 5.69 Å². The second kappa shape index (κ2) is 8.90. The zero-order chi connectivity index (χ0) is 20.9. The highest BCUT2D eigenvalue weighted by Crippen LogP contribution is 2.22. The van der Waals surface area contributed by atoms with E-state index in [0.717, 1.165) is 36.2 Å². The molecule has 3 aromatic rings. The Kier molecular flexibility index (Phi) is 6.32. The van der Waals surface area contributed by atoms with Crippen molar-refractivity contribution in [1.82, 2.24) is 14.7 Å². The molecule has 0 aliphatic carbocycles. The Bertz CT molecular complexity index is 951. The van der Waals surface area contributed by atoms with Crippen LogP contribution in [-0.2, 0) is 9.59 Å². The molecule has 2 N–H and O–H groups in total. The van der Waals surface area contributed by atoms with Crippen LogP contribution in [0, 0.1) is 5.41 Å². The summed E-state index contributed by atoms with van der Waals surface area (Å²) >= 11 is 0. The van der Waals surface area contributed by atoms with Gasteiger partial charge >= 0.3 is 11.8 Å². The lowest BCUT2D eigenvalue weighted by molar-refractivity contribution is -0.136. The second-order valence-electron chi connectivity index (χ2n) is 8.40. The molecule has 0 unspecified atom stereocenters. The fraction of sp³-hybridized carbons (Fsp3) is 0.348. The SMILES string of the molecule is CC(C)(C)CCCCNC(=O)C(=O)Nc1ccc(-c2cn3ccccc3n2)cc1. The van der Waals surface area contributed by atoms with Crippen molar-refractivity contribution in [3.8, 4) is 11.3 Å². The van der Waals surface area contributed by atoms with Crippen LogP contribution >= 0.6 is 0 Å². The summed E-state index contributed by atoms with van der Waals surface area (Å²) in [6, 6.07) is 13.1. The second-order valence-corrected chi connectivity index (χ2v) is 8.40. The van der Waals surface area contributed by atoms with E-state index in [2.05, 4.69) is 36.4 Å². The van der Waals surface area contributed by atoms with E-state index in [-0.39, 0.29) is 5.41 Å². The lowest BCUT2D eigenvalue weighted by Gasteiger charge is -2.17. The number of nitrogens with one attached hydrogen (secondary N) is 2. The number of unbranched alkanes of at least 4 members (excludes halogenated alkanes) is 1. The normalized spacial score (nSPS) is 11.4. The number of nitrogens with zero attached hydrogens (tertiary/aromatic N) is 2. The van der Waals surface area contributed by atoms with E-state index in [0.29, 0.717) is 12.2 Å². The molecular weight excluding hydrogens is 364 g/mol. The van der Waals surface area contributed by atoms with Crippen molar-refractivity contribution in [2.24, 2.45) is 5.41 Å². The number of carbonyl (C=O) groups is 2. The van der Waals surface area contributed by atoms with E-state index in [1.54, 1.807) is 12.1 Å². The van der Waals surface area contributed by atoms with Gasteiger partial charge < -0.3 is 15.0 Å². The standard InChI is InChI=1S/C23H28N4O2/c1-23(2,3)13-5-6-14-24-21(28)22(29)25-18-11-9-17(10-12-18)19-16-27-15-7-4-8-20(27)26-19/h4,7-12,15-16H,5-6,13-14H2,1-3H3,(H,24,28)(H,25,29). The van der Waals surface area contributed by atoms with Crippen LogP contribution in [0.25, 0.3) is 16.9 Å². The summed E-state index contributed by atoms with van der Waals surface area (Å²) in [5.74, 6) is -1.26. The number of amides is 2. The highest BCUT2D eigenvalue weighted by Gasteiger charge is 2.14. The minimum atomic E-state index is -0.652. The van der Waals surface area contributed by atoms with Crippen molar-refractivity contribution in [1.29, 1.82) is 0 Å². The molecule has 0 fully saturated rings. The van der Waals surface area contributed by atoms with Gasteiger partial charge in [0, 0.05) is 30.2 Å². The van der Waals surface area contributed by atoms with Crippen LogP contribution in [0.1, 0.15) is 40.0 Å². The van der Waals surface area contributed by atoms with Crippen LogP contribution in [0.5, 0.6) is 0 Å². The van der Waals surface area contributed by atoms with Gasteiger partial charge in [-0.05, 0) is 42.5 Å². The third kappa shape index (κ3) is 5.91. The molecular formula is C23H28N4O2. The summed E-state index contributed by atoms with van der Waals surface area (Å²) in [5, 5.41) is 5.31. The summed E-state index contributed by atoms with van der Waals surface area (Å²) in [5.41, 5.74) is 3.53. The number of pyridine rings is 1. The predicted molar refractivity (Wildman–Crippen MR) is 116 cm³/mol. The number of fused-ring (bicyclic) bond motifs is 1. The topological polar surface area (TPSA) is 75.5 Å². The summed E-state index contributed by atoms with van der Waals surface area (Å²) in [6.07, 6.45) is 6.88. The first-order chi connectivity index (χ1) is 13.8. The van der Waals surface area contributed by atoms with E-state index in [9.17, 15) is 9.59 Å². The molecule has 6 heteroatoms. The Hall–Kier alpha value is -3.15. The van der Waals surface area contributed by atoms with Crippen molar-refractivity contribution in [2.45, 2.75) is 40.0 Å². The summed E-state index contributed by atoms with van der Waals surface area (Å²) in [6.45, 7) is 7.09. The van der Waals surface area contributed by atoms with Gasteiger partial charge in [-0.3, -0.25) is 9.59 Å². The highest BCUT2D eigenvalue weighted by atomic mass is 16.2. The molecule has 0 saturated heterocycles. The maximum absolute atomic E-state index is 12.1. The Morgan fingerprint density at radius 3 is 2.45 bits per heavy atom. The van der Waals surface area contributed by atoms with Gasteiger partial charge in [-0.25, -0.2) is 4.98 Å².